The van der Waals surface area contributed by atoms with Crippen molar-refractivity contribution in [1.29, 1.82) is 0 Å². The van der Waals surface area contributed by atoms with Gasteiger partial charge in [-0.05, 0) is 59.3 Å². The van der Waals surface area contributed by atoms with Gasteiger partial charge in [-0.3, -0.25) is 0 Å². The second kappa shape index (κ2) is 6.04. The molecule has 1 saturated carbocycles. The summed E-state index contributed by atoms with van der Waals surface area (Å²) in [6, 6.07) is 2.55. The van der Waals surface area contributed by atoms with Gasteiger partial charge < -0.3 is 10.2 Å². The van der Waals surface area contributed by atoms with Gasteiger partial charge in [-0.2, -0.15) is 0 Å². The van der Waals surface area contributed by atoms with E-state index in [1.165, 1.54) is 6.07 Å². The molecule has 2 rings (SSSR count). The van der Waals surface area contributed by atoms with Crippen LogP contribution in [0.5, 0.6) is 0 Å². The molecule has 21 heavy (non-hydrogen) atoms. The molecule has 0 radical (unpaired) electrons. The van der Waals surface area contributed by atoms with Gasteiger partial charge in [0.05, 0.1) is 16.6 Å². The molecule has 0 amide bonds. The van der Waals surface area contributed by atoms with E-state index < -0.39 is 16.0 Å². The van der Waals surface area contributed by atoms with Crippen LogP contribution in [0.3, 0.4) is 0 Å². The van der Waals surface area contributed by atoms with Crippen molar-refractivity contribution in [3.63, 3.8) is 0 Å². The minimum absolute atomic E-state index is 0.0739. The van der Waals surface area contributed by atoms with E-state index in [0.717, 1.165) is 6.07 Å². The van der Waals surface area contributed by atoms with Crippen molar-refractivity contribution >= 4 is 31.9 Å². The first-order chi connectivity index (χ1) is 9.70. The number of carbonyl (C=O) groups is 1. The molecule has 1 aromatic carbocycles. The molecule has 0 aliphatic heterocycles. The molecule has 8 heteroatoms. The first kappa shape index (κ1) is 16.4. The number of carboxylic acids is 1. The zero-order valence-corrected chi connectivity index (χ0v) is 13.7. The Balaban J connectivity index is 2.24. The lowest BCUT2D eigenvalue weighted by molar-refractivity contribution is 0.0453. The molecule has 0 bridgehead atoms. The highest BCUT2D eigenvalue weighted by molar-refractivity contribution is 9.10. The average Bonchev–Trinajstić information content (AvgIpc) is 2.35. The maximum Gasteiger partial charge on any atom is 0.335 e. The van der Waals surface area contributed by atoms with E-state index in [4.69, 9.17) is 5.11 Å². The molecule has 3 N–H and O–H groups in total. The molecule has 116 valence electrons. The highest BCUT2D eigenvalue weighted by Gasteiger charge is 2.29. The van der Waals surface area contributed by atoms with Crippen LogP contribution in [0.1, 0.15) is 28.8 Å². The summed E-state index contributed by atoms with van der Waals surface area (Å²) in [5.74, 6) is -1.05. The van der Waals surface area contributed by atoms with E-state index in [-0.39, 0.29) is 29.0 Å². The lowest BCUT2D eigenvalue weighted by Crippen LogP contribution is -2.38. The fraction of sp³-hybridized carbons (Fsp3) is 0.462. The third-order valence-corrected chi connectivity index (χ3v) is 6.29. The fourth-order valence-electron chi connectivity index (χ4n) is 2.23. The minimum Gasteiger partial charge on any atom is -0.478 e. The van der Waals surface area contributed by atoms with Crippen LogP contribution in [0, 0.1) is 12.8 Å². The Morgan fingerprint density at radius 3 is 2.57 bits per heavy atom. The summed E-state index contributed by atoms with van der Waals surface area (Å²) in [4.78, 5) is 11.0. The predicted octanol–water partition coefficient (Wildman–Crippen LogP) is 1.50. The van der Waals surface area contributed by atoms with Gasteiger partial charge in [0.1, 0.15) is 0 Å². The Labute approximate surface area is 131 Å². The standard InChI is InChI=1S/C13H16BrNO5S/c1-7-2-9(13(17)18)5-11(12(7)14)21(19,20)15-6-8-3-10(16)4-8/h2,5,8,10,15-16H,3-4,6H2,1H3,(H,17,18). The number of benzene rings is 1. The van der Waals surface area contributed by atoms with Crippen LogP contribution in [0.25, 0.3) is 0 Å². The maximum atomic E-state index is 12.3. The van der Waals surface area contributed by atoms with Crippen molar-refractivity contribution in [2.45, 2.75) is 30.8 Å². The molecule has 1 fully saturated rings. The molecule has 0 unspecified atom stereocenters. The summed E-state index contributed by atoms with van der Waals surface area (Å²) in [5, 5.41) is 18.2. The van der Waals surface area contributed by atoms with Crippen molar-refractivity contribution in [3.8, 4) is 0 Å². The van der Waals surface area contributed by atoms with Crippen LogP contribution in [0.2, 0.25) is 0 Å². The van der Waals surface area contributed by atoms with E-state index in [0.29, 0.717) is 22.9 Å². The normalized spacial score (nSPS) is 21.9. The van der Waals surface area contributed by atoms with E-state index in [2.05, 4.69) is 20.7 Å². The number of carboxylic acid groups (broad SMARTS) is 1. The van der Waals surface area contributed by atoms with E-state index in [1.54, 1.807) is 6.92 Å². The Hall–Kier alpha value is -0.960. The number of sulfonamides is 1. The quantitative estimate of drug-likeness (QED) is 0.721. The van der Waals surface area contributed by atoms with E-state index in [1.807, 2.05) is 0 Å². The monoisotopic (exact) mass is 377 g/mol. The van der Waals surface area contributed by atoms with Crippen LogP contribution in [0.4, 0.5) is 0 Å². The Morgan fingerprint density at radius 2 is 2.05 bits per heavy atom. The zero-order valence-electron chi connectivity index (χ0n) is 11.3. The van der Waals surface area contributed by atoms with Gasteiger partial charge in [-0.1, -0.05) is 0 Å². The maximum absolute atomic E-state index is 12.3. The van der Waals surface area contributed by atoms with Gasteiger partial charge in [-0.25, -0.2) is 17.9 Å². The number of aryl methyl sites for hydroxylation is 1. The summed E-state index contributed by atoms with van der Waals surface area (Å²) in [5.41, 5.74) is 0.462. The van der Waals surface area contributed by atoms with Crippen molar-refractivity contribution in [2.75, 3.05) is 6.54 Å². The molecule has 0 spiro atoms. The number of nitrogens with one attached hydrogen (secondary N) is 1. The van der Waals surface area contributed by atoms with Crippen LogP contribution < -0.4 is 4.72 Å². The Bertz CT molecular complexity index is 667. The molecular formula is C13H16BrNO5S. The molecule has 0 atom stereocenters. The molecular weight excluding hydrogens is 362 g/mol. The molecule has 1 aliphatic carbocycles. The van der Waals surface area contributed by atoms with E-state index in [9.17, 15) is 18.3 Å². The van der Waals surface area contributed by atoms with Gasteiger partial charge in [0.25, 0.3) is 0 Å². The molecule has 1 aliphatic rings. The number of rotatable bonds is 5. The molecule has 0 heterocycles. The third-order valence-electron chi connectivity index (χ3n) is 3.53. The second-order valence-electron chi connectivity index (χ2n) is 5.25. The number of hydrogen-bond acceptors (Lipinski definition) is 4. The lowest BCUT2D eigenvalue weighted by Gasteiger charge is -2.31. The van der Waals surface area contributed by atoms with Crippen molar-refractivity contribution in [3.05, 3.63) is 27.7 Å². The minimum atomic E-state index is -3.80. The Kier molecular flexibility index (Phi) is 4.72. The molecule has 6 nitrogen and oxygen atoms in total. The van der Waals surface area contributed by atoms with Gasteiger partial charge >= 0.3 is 5.97 Å². The van der Waals surface area contributed by atoms with Gasteiger partial charge in [0.15, 0.2) is 0 Å². The van der Waals surface area contributed by atoms with Crippen molar-refractivity contribution < 1.29 is 23.4 Å². The largest absolute Gasteiger partial charge is 0.478 e. The smallest absolute Gasteiger partial charge is 0.335 e. The van der Waals surface area contributed by atoms with Crippen LogP contribution in [-0.2, 0) is 10.0 Å². The molecule has 0 aromatic heterocycles. The highest BCUT2D eigenvalue weighted by Crippen LogP contribution is 2.29. The van der Waals surface area contributed by atoms with Gasteiger partial charge in [0, 0.05) is 11.0 Å². The molecule has 0 saturated heterocycles. The number of aromatic carboxylic acids is 1. The summed E-state index contributed by atoms with van der Waals surface area (Å²) in [6.45, 7) is 1.88. The van der Waals surface area contributed by atoms with Gasteiger partial charge in [-0.15, -0.1) is 0 Å². The predicted molar refractivity (Wildman–Crippen MR) is 79.8 cm³/mol. The fourth-order valence-corrected chi connectivity index (χ4v) is 4.39. The number of hydrogen-bond donors (Lipinski definition) is 3. The summed E-state index contributed by atoms with van der Waals surface area (Å²) in [6.07, 6.45) is 0.819. The zero-order chi connectivity index (χ0) is 15.8. The average molecular weight is 378 g/mol. The topological polar surface area (TPSA) is 104 Å². The van der Waals surface area contributed by atoms with Crippen LogP contribution >= 0.6 is 15.9 Å². The second-order valence-corrected chi connectivity index (χ2v) is 7.78. The molecule has 1 aromatic rings. The van der Waals surface area contributed by atoms with Gasteiger partial charge in [0.2, 0.25) is 10.0 Å². The first-order valence-electron chi connectivity index (χ1n) is 6.42. The third kappa shape index (κ3) is 3.63. The number of halogens is 1. The van der Waals surface area contributed by atoms with Crippen LogP contribution in [-0.4, -0.2) is 37.2 Å². The van der Waals surface area contributed by atoms with Crippen LogP contribution in [0.15, 0.2) is 21.5 Å². The summed E-state index contributed by atoms with van der Waals surface area (Å²) < 4.78 is 27.4. The highest BCUT2D eigenvalue weighted by atomic mass is 79.9. The Morgan fingerprint density at radius 1 is 1.43 bits per heavy atom. The SMILES string of the molecule is Cc1cc(C(=O)O)cc(S(=O)(=O)NCC2CC(O)C2)c1Br. The number of aliphatic hydroxyl groups excluding tert-OH is 1. The summed E-state index contributed by atoms with van der Waals surface area (Å²) >= 11 is 3.19. The lowest BCUT2D eigenvalue weighted by atomic mass is 9.83. The first-order valence-corrected chi connectivity index (χ1v) is 8.69. The van der Waals surface area contributed by atoms with Crippen molar-refractivity contribution in [1.82, 2.24) is 4.72 Å². The summed E-state index contributed by atoms with van der Waals surface area (Å²) in [7, 11) is -3.80. The van der Waals surface area contributed by atoms with E-state index >= 15 is 0 Å². The number of aliphatic hydroxyl groups is 1. The van der Waals surface area contributed by atoms with Crippen molar-refractivity contribution in [2.24, 2.45) is 5.92 Å².